The maximum atomic E-state index is 10.6. The molecular weight excluding hydrogens is 246 g/mol. The van der Waals surface area contributed by atoms with E-state index in [1.165, 1.54) is 16.3 Å². The topological polar surface area (TPSA) is 29.1 Å². The van der Waals surface area contributed by atoms with Crippen molar-refractivity contribution in [2.75, 3.05) is 5.32 Å². The first-order valence-electron chi connectivity index (χ1n) is 6.62. The summed E-state index contributed by atoms with van der Waals surface area (Å²) in [7, 11) is 0. The van der Waals surface area contributed by atoms with E-state index in [0.29, 0.717) is 5.56 Å². The molecule has 2 nitrogen and oxygen atoms in total. The number of hydrogen-bond acceptors (Lipinski definition) is 2. The van der Waals surface area contributed by atoms with Gasteiger partial charge in [-0.15, -0.1) is 0 Å². The number of benzene rings is 3. The van der Waals surface area contributed by atoms with Crippen LogP contribution in [0.5, 0.6) is 0 Å². The number of aldehydes is 1. The van der Waals surface area contributed by atoms with Gasteiger partial charge < -0.3 is 5.32 Å². The number of fused-ring (bicyclic) bond motifs is 1. The Hall–Kier alpha value is -2.61. The molecule has 1 N–H and O–H groups in total. The van der Waals surface area contributed by atoms with Crippen LogP contribution in [0, 0.1) is 0 Å². The highest BCUT2D eigenvalue weighted by atomic mass is 16.1. The molecule has 0 aromatic heterocycles. The van der Waals surface area contributed by atoms with Gasteiger partial charge in [-0.25, -0.2) is 0 Å². The van der Waals surface area contributed by atoms with Crippen LogP contribution in [0.4, 0.5) is 5.69 Å². The quantitative estimate of drug-likeness (QED) is 0.711. The Kier molecular flexibility index (Phi) is 3.46. The van der Waals surface area contributed by atoms with Crippen molar-refractivity contribution >= 4 is 22.7 Å². The van der Waals surface area contributed by atoms with Crippen LogP contribution in [0.1, 0.15) is 15.9 Å². The second kappa shape index (κ2) is 5.57. The first-order chi connectivity index (χ1) is 9.86. The molecule has 2 heteroatoms. The lowest BCUT2D eigenvalue weighted by Gasteiger charge is -2.09. The molecule has 0 bridgehead atoms. The summed E-state index contributed by atoms with van der Waals surface area (Å²) in [6, 6.07) is 22.2. The summed E-state index contributed by atoms with van der Waals surface area (Å²) in [6.07, 6.45) is 0.856. The van der Waals surface area contributed by atoms with Crippen LogP contribution in [-0.4, -0.2) is 6.29 Å². The molecule has 0 aliphatic carbocycles. The van der Waals surface area contributed by atoms with Crippen molar-refractivity contribution in [3.8, 4) is 0 Å². The van der Waals surface area contributed by atoms with E-state index in [4.69, 9.17) is 0 Å². The van der Waals surface area contributed by atoms with Crippen LogP contribution in [0.25, 0.3) is 10.8 Å². The van der Waals surface area contributed by atoms with Gasteiger partial charge >= 0.3 is 0 Å². The highest BCUT2D eigenvalue weighted by molar-refractivity contribution is 5.85. The molecule has 20 heavy (non-hydrogen) atoms. The number of carbonyl (C=O) groups excluding carboxylic acids is 1. The van der Waals surface area contributed by atoms with Gasteiger partial charge in [0.05, 0.1) is 0 Å². The van der Waals surface area contributed by atoms with Gasteiger partial charge in [0, 0.05) is 17.8 Å². The predicted octanol–water partition coefficient (Wildman–Crippen LogP) is 4.26. The lowest BCUT2D eigenvalue weighted by molar-refractivity contribution is 0.112. The van der Waals surface area contributed by atoms with Crippen molar-refractivity contribution in [3.05, 3.63) is 77.9 Å². The first kappa shape index (κ1) is 12.4. The second-order valence-corrected chi connectivity index (χ2v) is 4.73. The van der Waals surface area contributed by atoms with E-state index in [1.54, 1.807) is 0 Å². The van der Waals surface area contributed by atoms with Gasteiger partial charge in [0.15, 0.2) is 0 Å². The molecule has 3 aromatic rings. The minimum absolute atomic E-state index is 0.695. The van der Waals surface area contributed by atoms with E-state index in [0.717, 1.165) is 18.5 Å². The van der Waals surface area contributed by atoms with Crippen LogP contribution in [0.2, 0.25) is 0 Å². The van der Waals surface area contributed by atoms with Gasteiger partial charge in [-0.3, -0.25) is 4.79 Å². The van der Waals surface area contributed by atoms with Crippen LogP contribution < -0.4 is 5.32 Å². The molecule has 0 aliphatic rings. The van der Waals surface area contributed by atoms with E-state index < -0.39 is 0 Å². The minimum atomic E-state index is 0.695. The number of anilines is 1. The Morgan fingerprint density at radius 1 is 0.850 bits per heavy atom. The molecule has 3 rings (SSSR count). The molecule has 0 radical (unpaired) electrons. The van der Waals surface area contributed by atoms with Gasteiger partial charge in [0.25, 0.3) is 0 Å². The van der Waals surface area contributed by atoms with Gasteiger partial charge in [-0.2, -0.15) is 0 Å². The van der Waals surface area contributed by atoms with E-state index in [1.807, 2.05) is 24.3 Å². The smallest absolute Gasteiger partial charge is 0.150 e. The average Bonchev–Trinajstić information content (AvgIpc) is 2.53. The second-order valence-electron chi connectivity index (χ2n) is 4.73. The molecule has 0 aliphatic heterocycles. The molecule has 3 aromatic carbocycles. The Morgan fingerprint density at radius 3 is 2.40 bits per heavy atom. The van der Waals surface area contributed by atoms with E-state index in [-0.39, 0.29) is 0 Å². The summed E-state index contributed by atoms with van der Waals surface area (Å²) in [6.45, 7) is 0.766. The summed E-state index contributed by atoms with van der Waals surface area (Å²) in [5, 5.41) is 5.91. The van der Waals surface area contributed by atoms with Crippen molar-refractivity contribution in [2.45, 2.75) is 6.54 Å². The Balaban J connectivity index is 1.81. The summed E-state index contributed by atoms with van der Waals surface area (Å²) in [4.78, 5) is 10.6. The maximum absolute atomic E-state index is 10.6. The first-order valence-corrected chi connectivity index (χ1v) is 6.62. The van der Waals surface area contributed by atoms with Crippen molar-refractivity contribution in [2.24, 2.45) is 0 Å². The average molecular weight is 261 g/mol. The number of carbonyl (C=O) groups is 1. The van der Waals surface area contributed by atoms with Gasteiger partial charge in [0.1, 0.15) is 6.29 Å². The third kappa shape index (κ3) is 2.54. The molecular formula is C18H15NO. The summed E-state index contributed by atoms with van der Waals surface area (Å²) in [5.41, 5.74) is 2.98. The Bertz CT molecular complexity index is 726. The monoisotopic (exact) mass is 261 g/mol. The number of nitrogens with one attached hydrogen (secondary N) is 1. The van der Waals surface area contributed by atoms with E-state index in [2.05, 4.69) is 47.8 Å². The molecule has 0 atom stereocenters. The zero-order valence-electron chi connectivity index (χ0n) is 11.0. The third-order valence-corrected chi connectivity index (χ3v) is 3.41. The standard InChI is InChI=1S/C18H15NO/c20-13-14-8-10-17(11-9-14)19-12-16-6-3-5-15-4-1-2-7-18(15)16/h1-11,13,19H,12H2. The summed E-state index contributed by atoms with van der Waals surface area (Å²) < 4.78 is 0. The molecule has 0 spiro atoms. The fraction of sp³-hybridized carbons (Fsp3) is 0.0556. The molecule has 0 unspecified atom stereocenters. The number of hydrogen-bond donors (Lipinski definition) is 1. The Labute approximate surface area is 118 Å². The molecule has 98 valence electrons. The molecule has 0 fully saturated rings. The van der Waals surface area contributed by atoms with Crippen molar-refractivity contribution in [1.82, 2.24) is 0 Å². The van der Waals surface area contributed by atoms with Crippen molar-refractivity contribution < 1.29 is 4.79 Å². The molecule has 0 saturated heterocycles. The maximum Gasteiger partial charge on any atom is 0.150 e. The zero-order chi connectivity index (χ0) is 13.8. The van der Waals surface area contributed by atoms with Crippen LogP contribution >= 0.6 is 0 Å². The van der Waals surface area contributed by atoms with Crippen LogP contribution in [0.3, 0.4) is 0 Å². The largest absolute Gasteiger partial charge is 0.381 e. The lowest BCUT2D eigenvalue weighted by atomic mass is 10.0. The van der Waals surface area contributed by atoms with Crippen LogP contribution in [0.15, 0.2) is 66.7 Å². The highest BCUT2D eigenvalue weighted by Gasteiger charge is 2.00. The van der Waals surface area contributed by atoms with Crippen molar-refractivity contribution in [1.29, 1.82) is 0 Å². The highest BCUT2D eigenvalue weighted by Crippen LogP contribution is 2.19. The Morgan fingerprint density at radius 2 is 1.60 bits per heavy atom. The van der Waals surface area contributed by atoms with E-state index in [9.17, 15) is 4.79 Å². The lowest BCUT2D eigenvalue weighted by Crippen LogP contribution is -2.00. The van der Waals surface area contributed by atoms with Crippen molar-refractivity contribution in [3.63, 3.8) is 0 Å². The predicted molar refractivity (Wildman–Crippen MR) is 83.1 cm³/mol. The van der Waals surface area contributed by atoms with Gasteiger partial charge in [-0.1, -0.05) is 42.5 Å². The zero-order valence-corrected chi connectivity index (χ0v) is 11.0. The minimum Gasteiger partial charge on any atom is -0.381 e. The molecule has 0 heterocycles. The summed E-state index contributed by atoms with van der Waals surface area (Å²) in [5.74, 6) is 0. The van der Waals surface area contributed by atoms with E-state index >= 15 is 0 Å². The molecule has 0 amide bonds. The SMILES string of the molecule is O=Cc1ccc(NCc2cccc3ccccc23)cc1. The normalized spacial score (nSPS) is 10.4. The van der Waals surface area contributed by atoms with Gasteiger partial charge in [-0.05, 0) is 40.6 Å². The fourth-order valence-electron chi connectivity index (χ4n) is 2.32. The van der Waals surface area contributed by atoms with Crippen LogP contribution in [-0.2, 0) is 6.54 Å². The molecule has 0 saturated carbocycles. The number of rotatable bonds is 4. The fourth-order valence-corrected chi connectivity index (χ4v) is 2.32. The third-order valence-electron chi connectivity index (χ3n) is 3.41. The summed E-state index contributed by atoms with van der Waals surface area (Å²) >= 11 is 0. The van der Waals surface area contributed by atoms with Gasteiger partial charge in [0.2, 0.25) is 0 Å².